The molecule has 0 saturated heterocycles. The van der Waals surface area contributed by atoms with Crippen molar-refractivity contribution < 1.29 is 18.7 Å². The van der Waals surface area contributed by atoms with Crippen LogP contribution in [0.25, 0.3) is 22.3 Å². The molecule has 0 aliphatic carbocycles. The molecule has 3 aromatic rings. The van der Waals surface area contributed by atoms with E-state index in [1.165, 1.54) is 6.07 Å². The topological polar surface area (TPSA) is 86.2 Å². The molecular formula is C25H31FN4O3. The molecule has 0 aliphatic rings. The highest BCUT2D eigenvalue weighted by molar-refractivity contribution is 5.88. The highest BCUT2D eigenvalue weighted by Crippen LogP contribution is 2.30. The molecule has 0 bridgehead atoms. The summed E-state index contributed by atoms with van der Waals surface area (Å²) in [7, 11) is 0. The molecule has 7 nitrogen and oxygen atoms in total. The molecule has 8 heteroatoms. The third-order valence-electron chi connectivity index (χ3n) is 4.82. The first-order chi connectivity index (χ1) is 15.5. The van der Waals surface area contributed by atoms with Gasteiger partial charge in [0.25, 0.3) is 0 Å². The van der Waals surface area contributed by atoms with Crippen molar-refractivity contribution in [2.75, 3.05) is 6.61 Å². The molecule has 1 aromatic carbocycles. The maximum absolute atomic E-state index is 15.0. The highest BCUT2D eigenvalue weighted by Gasteiger charge is 2.31. The lowest BCUT2D eigenvalue weighted by atomic mass is 9.91. The maximum Gasteiger partial charge on any atom is 0.408 e. The number of carbonyl (C=O) groups excluding carboxylic acids is 1. The zero-order valence-corrected chi connectivity index (χ0v) is 20.0. The minimum Gasteiger partial charge on any atom is -0.488 e. The number of carbonyl (C=O) groups is 1. The number of alkyl carbamates (subject to hydrolysis) is 1. The second-order valence-corrected chi connectivity index (χ2v) is 9.81. The Morgan fingerprint density at radius 2 is 1.76 bits per heavy atom. The molecule has 1 atom stereocenters. The van der Waals surface area contributed by atoms with Crippen molar-refractivity contribution in [3.05, 3.63) is 48.7 Å². The van der Waals surface area contributed by atoms with Crippen LogP contribution in [0, 0.1) is 11.7 Å². The Balaban J connectivity index is 1.78. The summed E-state index contributed by atoms with van der Waals surface area (Å²) in [6, 6.07) is 6.52. The first-order valence-electron chi connectivity index (χ1n) is 11.0. The second kappa shape index (κ2) is 9.68. The van der Waals surface area contributed by atoms with Gasteiger partial charge in [-0.2, -0.15) is 0 Å². The molecule has 1 N–H and O–H groups in total. The Morgan fingerprint density at radius 3 is 2.42 bits per heavy atom. The zero-order valence-electron chi connectivity index (χ0n) is 20.0. The summed E-state index contributed by atoms with van der Waals surface area (Å²) >= 11 is 0. The van der Waals surface area contributed by atoms with Crippen LogP contribution < -0.4 is 10.1 Å². The van der Waals surface area contributed by atoms with Gasteiger partial charge in [-0.25, -0.2) is 19.2 Å². The summed E-state index contributed by atoms with van der Waals surface area (Å²) in [5, 5.41) is 2.90. The molecule has 0 fully saturated rings. The van der Waals surface area contributed by atoms with Crippen LogP contribution in [0.1, 0.15) is 48.0 Å². The van der Waals surface area contributed by atoms with Gasteiger partial charge in [0.1, 0.15) is 17.7 Å². The largest absolute Gasteiger partial charge is 0.488 e. The Hall–Kier alpha value is -3.29. The van der Waals surface area contributed by atoms with Crippen LogP contribution in [0.15, 0.2) is 42.9 Å². The number of pyridine rings is 1. The lowest BCUT2D eigenvalue weighted by Crippen LogP contribution is -2.52. The summed E-state index contributed by atoms with van der Waals surface area (Å²) < 4.78 is 26.2. The summed E-state index contributed by atoms with van der Waals surface area (Å²) in [6.45, 7) is 11.5. The van der Waals surface area contributed by atoms with E-state index in [4.69, 9.17) is 9.47 Å². The zero-order chi connectivity index (χ0) is 24.2. The Bertz CT molecular complexity index is 1120. The first-order valence-corrected chi connectivity index (χ1v) is 11.0. The molecule has 0 aliphatic heterocycles. The molecular weight excluding hydrogens is 423 g/mol. The number of nitrogens with zero attached hydrogens (tertiary/aromatic N) is 3. The van der Waals surface area contributed by atoms with Gasteiger partial charge in [-0.15, -0.1) is 0 Å². The van der Waals surface area contributed by atoms with Crippen molar-refractivity contribution in [2.45, 2.75) is 59.1 Å². The van der Waals surface area contributed by atoms with E-state index in [0.29, 0.717) is 23.1 Å². The van der Waals surface area contributed by atoms with Gasteiger partial charge in [-0.1, -0.05) is 19.9 Å². The monoisotopic (exact) mass is 454 g/mol. The van der Waals surface area contributed by atoms with Gasteiger partial charge in [0.05, 0.1) is 5.54 Å². The summed E-state index contributed by atoms with van der Waals surface area (Å²) in [4.78, 5) is 25.1. The number of nitrogens with one attached hydrogen (secondary N) is 1. The molecule has 0 saturated carbocycles. The molecule has 176 valence electrons. The number of rotatable bonds is 7. The molecule has 1 amide bonds. The van der Waals surface area contributed by atoms with Crippen molar-refractivity contribution in [3.8, 4) is 16.9 Å². The van der Waals surface area contributed by atoms with E-state index in [9.17, 15) is 9.18 Å². The van der Waals surface area contributed by atoms with Gasteiger partial charge < -0.3 is 14.8 Å². The third kappa shape index (κ3) is 6.60. The lowest BCUT2D eigenvalue weighted by Gasteiger charge is -2.33. The molecule has 2 heterocycles. The van der Waals surface area contributed by atoms with E-state index in [2.05, 4.69) is 20.3 Å². The van der Waals surface area contributed by atoms with Crippen LogP contribution in [0.5, 0.6) is 5.75 Å². The van der Waals surface area contributed by atoms with Crippen molar-refractivity contribution in [2.24, 2.45) is 5.92 Å². The smallest absolute Gasteiger partial charge is 0.408 e. The molecule has 3 rings (SSSR count). The second-order valence-electron chi connectivity index (χ2n) is 9.81. The standard InChI is InChI=1S/C25H31FN4O3/c1-16(2)14-25(6,30-23(31)33-24(3,4)5)15-32-20-8-7-17(13-19(20)26)18-9-10-28-22-21(18)27-11-12-29-22/h7-13,16H,14-15H2,1-6H3,(H,30,31). The van der Waals surface area contributed by atoms with Crippen molar-refractivity contribution in [3.63, 3.8) is 0 Å². The number of ether oxygens (including phenoxy) is 2. The average Bonchev–Trinajstić information content (AvgIpc) is 2.70. The predicted molar refractivity (Wildman–Crippen MR) is 125 cm³/mol. The van der Waals surface area contributed by atoms with Crippen LogP contribution in [-0.2, 0) is 4.74 Å². The van der Waals surface area contributed by atoms with Crippen molar-refractivity contribution in [1.29, 1.82) is 0 Å². The van der Waals surface area contributed by atoms with E-state index >= 15 is 0 Å². The van der Waals surface area contributed by atoms with Crippen LogP contribution in [0.2, 0.25) is 0 Å². The Labute approximate surface area is 193 Å². The van der Waals surface area contributed by atoms with Crippen LogP contribution in [0.4, 0.5) is 9.18 Å². The predicted octanol–water partition coefficient (Wildman–Crippen LogP) is 5.54. The van der Waals surface area contributed by atoms with Crippen molar-refractivity contribution >= 4 is 17.3 Å². The van der Waals surface area contributed by atoms with Gasteiger partial charge in [0.2, 0.25) is 0 Å². The van der Waals surface area contributed by atoms with E-state index < -0.39 is 23.1 Å². The highest BCUT2D eigenvalue weighted by atomic mass is 19.1. The van der Waals surface area contributed by atoms with Crippen molar-refractivity contribution in [1.82, 2.24) is 20.3 Å². The molecule has 1 unspecified atom stereocenters. The number of amides is 1. The number of hydrogen-bond acceptors (Lipinski definition) is 6. The Morgan fingerprint density at radius 1 is 1.06 bits per heavy atom. The Kier molecular flexibility index (Phi) is 7.15. The van der Waals surface area contributed by atoms with Crippen LogP contribution in [-0.4, -0.2) is 38.8 Å². The van der Waals surface area contributed by atoms with Gasteiger partial charge >= 0.3 is 6.09 Å². The first kappa shape index (κ1) is 24.4. The number of hydrogen-bond donors (Lipinski definition) is 1. The van der Waals surface area contributed by atoms with E-state index in [1.54, 1.807) is 57.6 Å². The van der Waals surface area contributed by atoms with Crippen LogP contribution in [0.3, 0.4) is 0 Å². The molecule has 0 spiro atoms. The number of benzene rings is 1. The molecule has 33 heavy (non-hydrogen) atoms. The quantitative estimate of drug-likeness (QED) is 0.504. The fraction of sp³-hybridized carbons (Fsp3) is 0.440. The van der Waals surface area contributed by atoms with E-state index in [-0.39, 0.29) is 18.3 Å². The summed E-state index contributed by atoms with van der Waals surface area (Å²) in [5.74, 6) is -0.128. The number of aromatic nitrogens is 3. The van der Waals surface area contributed by atoms with Gasteiger partial charge in [0.15, 0.2) is 17.2 Å². The van der Waals surface area contributed by atoms with Crippen LogP contribution >= 0.6 is 0 Å². The minimum absolute atomic E-state index is 0.0877. The third-order valence-corrected chi connectivity index (χ3v) is 4.82. The number of halogens is 1. The molecule has 2 aromatic heterocycles. The lowest BCUT2D eigenvalue weighted by molar-refractivity contribution is 0.0406. The SMILES string of the molecule is CC(C)CC(C)(COc1ccc(-c2ccnc3nccnc23)cc1F)NC(=O)OC(C)(C)C. The van der Waals surface area contributed by atoms with Gasteiger partial charge in [0, 0.05) is 24.2 Å². The maximum atomic E-state index is 15.0. The van der Waals surface area contributed by atoms with E-state index in [1.807, 2.05) is 20.8 Å². The summed E-state index contributed by atoms with van der Waals surface area (Å²) in [5.41, 5.74) is 1.11. The van der Waals surface area contributed by atoms with E-state index in [0.717, 1.165) is 5.56 Å². The average molecular weight is 455 g/mol. The van der Waals surface area contributed by atoms with Gasteiger partial charge in [-0.05, 0) is 63.8 Å². The van der Waals surface area contributed by atoms with Gasteiger partial charge in [-0.3, -0.25) is 4.98 Å². The number of fused-ring (bicyclic) bond motifs is 1. The normalized spacial score (nSPS) is 13.6. The molecule has 0 radical (unpaired) electrons. The fourth-order valence-electron chi connectivity index (χ4n) is 3.73. The minimum atomic E-state index is -0.738. The summed E-state index contributed by atoms with van der Waals surface area (Å²) in [6.07, 6.45) is 4.86. The fourth-order valence-corrected chi connectivity index (χ4v) is 3.73.